The number of thioether (sulfide) groups is 1. The SMILES string of the molecule is NC(=NN=Cc1ccc(O)c(F)c1)SCc1ccccc1. The number of amidine groups is 1. The summed E-state index contributed by atoms with van der Waals surface area (Å²) < 4.78 is 13.1. The van der Waals surface area contributed by atoms with Crippen LogP contribution in [0.15, 0.2) is 58.7 Å². The summed E-state index contributed by atoms with van der Waals surface area (Å²) in [6.07, 6.45) is 1.37. The van der Waals surface area contributed by atoms with Crippen LogP contribution in [0.1, 0.15) is 11.1 Å². The quantitative estimate of drug-likeness (QED) is 0.518. The fourth-order valence-electron chi connectivity index (χ4n) is 1.52. The summed E-state index contributed by atoms with van der Waals surface area (Å²) in [5.41, 5.74) is 7.36. The van der Waals surface area contributed by atoms with Gasteiger partial charge in [-0.3, -0.25) is 0 Å². The van der Waals surface area contributed by atoms with Crippen molar-refractivity contribution >= 4 is 23.1 Å². The zero-order valence-corrected chi connectivity index (χ0v) is 11.9. The van der Waals surface area contributed by atoms with Gasteiger partial charge in [-0.1, -0.05) is 42.1 Å². The topological polar surface area (TPSA) is 71.0 Å². The smallest absolute Gasteiger partial charge is 0.180 e. The van der Waals surface area contributed by atoms with E-state index in [1.54, 1.807) is 0 Å². The molecule has 3 N–H and O–H groups in total. The number of hydrogen-bond donors (Lipinski definition) is 2. The molecule has 108 valence electrons. The number of benzene rings is 2. The molecule has 2 aromatic rings. The molecule has 0 aromatic heterocycles. The summed E-state index contributed by atoms with van der Waals surface area (Å²) in [6.45, 7) is 0. The number of phenols is 1. The van der Waals surface area contributed by atoms with Gasteiger partial charge in [0.05, 0.1) is 6.21 Å². The zero-order valence-electron chi connectivity index (χ0n) is 11.1. The number of halogens is 1. The lowest BCUT2D eigenvalue weighted by atomic mass is 10.2. The lowest BCUT2D eigenvalue weighted by molar-refractivity contribution is 0.432. The first-order valence-corrected chi connectivity index (χ1v) is 7.15. The van der Waals surface area contributed by atoms with E-state index >= 15 is 0 Å². The second-order valence-corrected chi connectivity index (χ2v) is 5.16. The normalized spacial score (nSPS) is 12.0. The van der Waals surface area contributed by atoms with Gasteiger partial charge in [0.1, 0.15) is 0 Å². The van der Waals surface area contributed by atoms with Crippen LogP contribution in [0.25, 0.3) is 0 Å². The van der Waals surface area contributed by atoms with E-state index in [1.807, 2.05) is 30.3 Å². The van der Waals surface area contributed by atoms with Gasteiger partial charge in [-0.05, 0) is 29.3 Å². The highest BCUT2D eigenvalue weighted by atomic mass is 32.2. The molecule has 0 fully saturated rings. The van der Waals surface area contributed by atoms with Gasteiger partial charge in [0, 0.05) is 5.75 Å². The average Bonchev–Trinajstić information content (AvgIpc) is 2.50. The summed E-state index contributed by atoms with van der Waals surface area (Å²) in [6, 6.07) is 13.8. The average molecular weight is 303 g/mol. The van der Waals surface area contributed by atoms with Gasteiger partial charge in [-0.25, -0.2) is 4.39 Å². The van der Waals surface area contributed by atoms with Crippen LogP contribution in [-0.2, 0) is 5.75 Å². The predicted molar refractivity (Wildman–Crippen MR) is 85.0 cm³/mol. The van der Waals surface area contributed by atoms with Crippen molar-refractivity contribution in [2.24, 2.45) is 15.9 Å². The third-order valence-electron chi connectivity index (χ3n) is 2.56. The Morgan fingerprint density at radius 3 is 2.71 bits per heavy atom. The first-order valence-electron chi connectivity index (χ1n) is 6.17. The molecule has 0 bridgehead atoms. The molecule has 0 aliphatic heterocycles. The van der Waals surface area contributed by atoms with Crippen LogP contribution < -0.4 is 5.73 Å². The lowest BCUT2D eigenvalue weighted by Gasteiger charge is -1.99. The number of nitrogens with zero attached hydrogens (tertiary/aromatic N) is 2. The highest BCUT2D eigenvalue weighted by Crippen LogP contribution is 2.15. The number of rotatable bonds is 4. The molecule has 4 nitrogen and oxygen atoms in total. The van der Waals surface area contributed by atoms with Crippen molar-refractivity contribution in [2.45, 2.75) is 5.75 Å². The number of phenolic OH excluding ortho intramolecular Hbond substituents is 1. The van der Waals surface area contributed by atoms with Crippen LogP contribution in [0, 0.1) is 5.82 Å². The molecular weight excluding hydrogens is 289 g/mol. The zero-order chi connectivity index (χ0) is 15.1. The first-order chi connectivity index (χ1) is 10.1. The lowest BCUT2D eigenvalue weighted by Crippen LogP contribution is -2.06. The molecule has 0 spiro atoms. The minimum absolute atomic E-state index is 0.328. The van der Waals surface area contributed by atoms with E-state index in [9.17, 15) is 4.39 Å². The van der Waals surface area contributed by atoms with Crippen molar-refractivity contribution in [3.8, 4) is 5.75 Å². The van der Waals surface area contributed by atoms with Gasteiger partial charge in [0.15, 0.2) is 16.7 Å². The van der Waals surface area contributed by atoms with Crippen molar-refractivity contribution in [3.63, 3.8) is 0 Å². The van der Waals surface area contributed by atoms with Crippen molar-refractivity contribution in [1.82, 2.24) is 0 Å². The maximum absolute atomic E-state index is 13.1. The summed E-state index contributed by atoms with van der Waals surface area (Å²) in [7, 11) is 0. The van der Waals surface area contributed by atoms with Crippen LogP contribution in [0.5, 0.6) is 5.75 Å². The predicted octanol–water partition coefficient (Wildman–Crippen LogP) is 3.11. The van der Waals surface area contributed by atoms with Gasteiger partial charge in [0.2, 0.25) is 0 Å². The first kappa shape index (κ1) is 15.1. The summed E-state index contributed by atoms with van der Waals surface area (Å²) >= 11 is 1.37. The number of hydrogen-bond acceptors (Lipinski definition) is 4. The highest BCUT2D eigenvalue weighted by molar-refractivity contribution is 8.13. The molecule has 0 saturated heterocycles. The number of nitrogens with two attached hydrogens (primary N) is 1. The van der Waals surface area contributed by atoms with Crippen molar-refractivity contribution < 1.29 is 9.50 Å². The van der Waals surface area contributed by atoms with Crippen molar-refractivity contribution in [3.05, 3.63) is 65.5 Å². The van der Waals surface area contributed by atoms with Crippen molar-refractivity contribution in [2.75, 3.05) is 0 Å². The second-order valence-electron chi connectivity index (χ2n) is 4.17. The minimum Gasteiger partial charge on any atom is -0.505 e. The van der Waals surface area contributed by atoms with E-state index in [0.29, 0.717) is 16.5 Å². The summed E-state index contributed by atoms with van der Waals surface area (Å²) in [4.78, 5) is 0. The van der Waals surface area contributed by atoms with E-state index < -0.39 is 11.6 Å². The Hall–Kier alpha value is -2.34. The molecule has 0 radical (unpaired) electrons. The van der Waals surface area contributed by atoms with Crippen LogP contribution >= 0.6 is 11.8 Å². The van der Waals surface area contributed by atoms with Gasteiger partial charge in [-0.2, -0.15) is 5.10 Å². The molecule has 0 atom stereocenters. The maximum atomic E-state index is 13.1. The third kappa shape index (κ3) is 4.92. The Morgan fingerprint density at radius 2 is 2.00 bits per heavy atom. The van der Waals surface area contributed by atoms with E-state index in [-0.39, 0.29) is 0 Å². The number of aromatic hydroxyl groups is 1. The van der Waals surface area contributed by atoms with Crippen LogP contribution in [0.3, 0.4) is 0 Å². The van der Waals surface area contributed by atoms with E-state index in [4.69, 9.17) is 10.8 Å². The maximum Gasteiger partial charge on any atom is 0.180 e. The Balaban J connectivity index is 1.90. The molecule has 0 unspecified atom stereocenters. The molecule has 0 aliphatic carbocycles. The molecule has 6 heteroatoms. The minimum atomic E-state index is -0.700. The van der Waals surface area contributed by atoms with Crippen LogP contribution in [0.2, 0.25) is 0 Å². The Kier molecular flexibility index (Phi) is 5.34. The summed E-state index contributed by atoms with van der Waals surface area (Å²) in [5, 5.41) is 17.0. The molecule has 0 saturated carbocycles. The van der Waals surface area contributed by atoms with Gasteiger partial charge >= 0.3 is 0 Å². The van der Waals surface area contributed by atoms with Crippen molar-refractivity contribution in [1.29, 1.82) is 0 Å². The van der Waals surface area contributed by atoms with Crippen LogP contribution in [-0.4, -0.2) is 16.5 Å². The van der Waals surface area contributed by atoms with Crippen LogP contribution in [0.4, 0.5) is 4.39 Å². The molecule has 2 rings (SSSR count). The standard InChI is InChI=1S/C15H14FN3OS/c16-13-8-12(6-7-14(13)20)9-18-19-15(17)21-10-11-4-2-1-3-5-11/h1-9,20H,10H2,(H2,17,19). The molecule has 0 heterocycles. The molecule has 21 heavy (non-hydrogen) atoms. The Morgan fingerprint density at radius 1 is 1.24 bits per heavy atom. The fraction of sp³-hybridized carbons (Fsp3) is 0.0667. The second kappa shape index (κ2) is 7.44. The Labute approximate surface area is 126 Å². The van der Waals surface area contributed by atoms with Gasteiger partial charge < -0.3 is 10.8 Å². The summed E-state index contributed by atoms with van der Waals surface area (Å²) in [5.74, 6) is -0.387. The largest absolute Gasteiger partial charge is 0.505 e. The van der Waals surface area contributed by atoms with E-state index in [1.165, 1.54) is 36.2 Å². The third-order valence-corrected chi connectivity index (χ3v) is 3.42. The molecular formula is C15H14FN3OS. The molecule has 0 aliphatic rings. The monoisotopic (exact) mass is 303 g/mol. The Bertz CT molecular complexity index is 659. The molecule has 0 amide bonds. The fourth-order valence-corrected chi connectivity index (χ4v) is 2.13. The van der Waals surface area contributed by atoms with E-state index in [0.717, 1.165) is 5.56 Å². The van der Waals surface area contributed by atoms with Gasteiger partial charge in [0.25, 0.3) is 0 Å². The van der Waals surface area contributed by atoms with E-state index in [2.05, 4.69) is 10.2 Å². The molecule has 2 aromatic carbocycles. The van der Waals surface area contributed by atoms with Gasteiger partial charge in [-0.15, -0.1) is 5.10 Å². The highest BCUT2D eigenvalue weighted by Gasteiger charge is 1.99.